The van der Waals surface area contributed by atoms with E-state index in [0.717, 1.165) is 12.8 Å². The van der Waals surface area contributed by atoms with Crippen molar-refractivity contribution in [2.24, 2.45) is 16.7 Å². The van der Waals surface area contributed by atoms with Gasteiger partial charge in [-0.1, -0.05) is 81.4 Å². The summed E-state index contributed by atoms with van der Waals surface area (Å²) in [6, 6.07) is 17.6. The Balaban J connectivity index is 1.53. The fourth-order valence-corrected chi connectivity index (χ4v) is 8.02. The average Bonchev–Trinajstić information content (AvgIpc) is 3.26. The number of nitrogens with zero attached hydrogens (tertiary/aromatic N) is 1. The highest BCUT2D eigenvalue weighted by molar-refractivity contribution is 7.87. The van der Waals surface area contributed by atoms with E-state index in [-0.39, 0.29) is 22.5 Å². The number of rotatable bonds is 5. The van der Waals surface area contributed by atoms with Crippen LogP contribution < -0.4 is 0 Å². The standard InChI is InChI=1S/C26H27NO5S/c1-25(2)19-14-15-26(25,3)20(16-19)33(30,31)32-27-23(28)21(17-10-6-4-7-11-17)22(24(27)29)18-12-8-5-9-13-18/h4-13,19-20H,14-16H2,1-3H3. The van der Waals surface area contributed by atoms with Gasteiger partial charge in [-0.05, 0) is 47.1 Å². The quantitative estimate of drug-likeness (QED) is 0.610. The molecule has 2 bridgehead atoms. The van der Waals surface area contributed by atoms with Crippen molar-refractivity contribution in [3.8, 4) is 0 Å². The largest absolute Gasteiger partial charge is 0.292 e. The Morgan fingerprint density at radius 3 is 1.73 bits per heavy atom. The van der Waals surface area contributed by atoms with Gasteiger partial charge in [-0.25, -0.2) is 0 Å². The summed E-state index contributed by atoms with van der Waals surface area (Å²) in [6.45, 7) is 6.20. The molecule has 1 aliphatic heterocycles. The van der Waals surface area contributed by atoms with E-state index in [0.29, 0.717) is 22.6 Å². The molecule has 0 radical (unpaired) electrons. The third kappa shape index (κ3) is 3.13. The van der Waals surface area contributed by atoms with Crippen LogP contribution in [0.5, 0.6) is 0 Å². The second kappa shape index (κ2) is 7.37. The van der Waals surface area contributed by atoms with Crippen LogP contribution in [0.15, 0.2) is 60.7 Å². The van der Waals surface area contributed by atoms with Gasteiger partial charge in [0, 0.05) is 0 Å². The van der Waals surface area contributed by atoms with Crippen LogP contribution in [-0.2, 0) is 24.0 Å². The van der Waals surface area contributed by atoms with Gasteiger partial charge in [0.05, 0.1) is 16.4 Å². The van der Waals surface area contributed by atoms with Crippen molar-refractivity contribution in [1.82, 2.24) is 5.06 Å². The molecule has 6 nitrogen and oxygen atoms in total. The van der Waals surface area contributed by atoms with Crippen molar-refractivity contribution in [2.75, 3.05) is 0 Å². The maximum Gasteiger partial charge on any atom is 0.292 e. The van der Waals surface area contributed by atoms with Crippen LogP contribution >= 0.6 is 0 Å². The lowest BCUT2D eigenvalue weighted by atomic mass is 9.71. The van der Waals surface area contributed by atoms with Crippen LogP contribution in [0.4, 0.5) is 0 Å². The van der Waals surface area contributed by atoms with E-state index in [1.165, 1.54) is 0 Å². The molecule has 3 atom stereocenters. The van der Waals surface area contributed by atoms with Crippen LogP contribution in [0.2, 0.25) is 0 Å². The summed E-state index contributed by atoms with van der Waals surface area (Å²) in [4.78, 5) is 26.8. The molecule has 2 saturated carbocycles. The first kappa shape index (κ1) is 22.0. The maximum atomic E-state index is 13.5. The van der Waals surface area contributed by atoms with Crippen molar-refractivity contribution >= 4 is 33.1 Å². The van der Waals surface area contributed by atoms with Gasteiger partial charge >= 0.3 is 0 Å². The molecule has 3 aliphatic rings. The van der Waals surface area contributed by atoms with E-state index in [4.69, 9.17) is 4.28 Å². The number of benzene rings is 2. The van der Waals surface area contributed by atoms with Crippen LogP contribution in [0, 0.1) is 16.7 Å². The minimum absolute atomic E-state index is 0.140. The molecular formula is C26H27NO5S. The minimum atomic E-state index is -4.22. The van der Waals surface area contributed by atoms with E-state index in [1.54, 1.807) is 48.5 Å². The Kier molecular flexibility index (Phi) is 4.92. The molecule has 2 aromatic rings. The van der Waals surface area contributed by atoms with Crippen molar-refractivity contribution in [3.63, 3.8) is 0 Å². The number of hydrogen-bond donors (Lipinski definition) is 0. The Hall–Kier alpha value is -2.77. The Morgan fingerprint density at radius 1 is 0.848 bits per heavy atom. The summed E-state index contributed by atoms with van der Waals surface area (Å²) in [7, 11) is -4.22. The fraction of sp³-hybridized carbons (Fsp3) is 0.385. The topological polar surface area (TPSA) is 80.8 Å². The molecular weight excluding hydrogens is 438 g/mol. The van der Waals surface area contributed by atoms with E-state index < -0.39 is 32.6 Å². The van der Waals surface area contributed by atoms with Gasteiger partial charge in [-0.15, -0.1) is 9.35 Å². The van der Waals surface area contributed by atoms with E-state index in [2.05, 4.69) is 13.8 Å². The predicted molar refractivity (Wildman–Crippen MR) is 125 cm³/mol. The van der Waals surface area contributed by atoms with Crippen LogP contribution in [0.25, 0.3) is 11.1 Å². The molecule has 0 N–H and O–H groups in total. The highest BCUT2D eigenvalue weighted by Gasteiger charge is 2.66. The summed E-state index contributed by atoms with van der Waals surface area (Å²) in [5.74, 6) is -1.25. The zero-order valence-electron chi connectivity index (χ0n) is 18.9. The van der Waals surface area contributed by atoms with Crippen LogP contribution in [0.3, 0.4) is 0 Å². The van der Waals surface area contributed by atoms with Crippen molar-refractivity contribution in [2.45, 2.75) is 45.3 Å². The number of carbonyl (C=O) groups is 2. The number of hydrogen-bond acceptors (Lipinski definition) is 5. The molecule has 3 unspecified atom stereocenters. The molecule has 2 amide bonds. The summed E-state index contributed by atoms with van der Waals surface area (Å²) in [5, 5.41) is -0.317. The molecule has 2 fully saturated rings. The Labute approximate surface area is 194 Å². The zero-order valence-corrected chi connectivity index (χ0v) is 19.8. The molecule has 2 aromatic carbocycles. The van der Waals surface area contributed by atoms with Gasteiger partial charge in [0.25, 0.3) is 21.9 Å². The van der Waals surface area contributed by atoms with Gasteiger partial charge in [0.1, 0.15) is 0 Å². The van der Waals surface area contributed by atoms with Gasteiger partial charge in [0.2, 0.25) is 0 Å². The van der Waals surface area contributed by atoms with Gasteiger partial charge in [0.15, 0.2) is 0 Å². The van der Waals surface area contributed by atoms with Gasteiger partial charge in [-0.2, -0.15) is 8.42 Å². The number of hydroxylamine groups is 2. The Morgan fingerprint density at radius 2 is 1.33 bits per heavy atom. The normalized spacial score (nSPS) is 28.8. The first-order chi connectivity index (χ1) is 15.6. The summed E-state index contributed by atoms with van der Waals surface area (Å²) < 4.78 is 32.3. The second-order valence-corrected chi connectivity index (χ2v) is 11.8. The van der Waals surface area contributed by atoms with Gasteiger partial charge < -0.3 is 0 Å². The molecule has 1 heterocycles. The molecule has 2 aliphatic carbocycles. The van der Waals surface area contributed by atoms with E-state index in [1.807, 2.05) is 19.1 Å². The van der Waals surface area contributed by atoms with E-state index in [9.17, 15) is 18.0 Å². The summed E-state index contributed by atoms with van der Waals surface area (Å²) in [5.41, 5.74) is 0.719. The monoisotopic (exact) mass is 465 g/mol. The molecule has 0 saturated heterocycles. The van der Waals surface area contributed by atoms with Crippen molar-refractivity contribution in [1.29, 1.82) is 0 Å². The van der Waals surface area contributed by atoms with Gasteiger partial charge in [-0.3, -0.25) is 9.59 Å². The number of amides is 2. The summed E-state index contributed by atoms with van der Waals surface area (Å²) in [6.07, 6.45) is 2.24. The lowest BCUT2D eigenvalue weighted by Gasteiger charge is -2.38. The molecule has 7 heteroatoms. The fourth-order valence-electron chi connectivity index (χ4n) is 6.04. The molecule has 5 rings (SSSR count). The average molecular weight is 466 g/mol. The summed E-state index contributed by atoms with van der Waals surface area (Å²) >= 11 is 0. The van der Waals surface area contributed by atoms with Crippen molar-refractivity contribution in [3.05, 3.63) is 71.8 Å². The smallest absolute Gasteiger partial charge is 0.266 e. The molecule has 0 aromatic heterocycles. The Bertz CT molecular complexity index is 1200. The second-order valence-electron chi connectivity index (χ2n) is 10.1. The zero-order chi connectivity index (χ0) is 23.6. The minimum Gasteiger partial charge on any atom is -0.266 e. The highest BCUT2D eigenvalue weighted by atomic mass is 32.2. The lowest BCUT2D eigenvalue weighted by Crippen LogP contribution is -2.44. The third-order valence-corrected chi connectivity index (χ3v) is 10.2. The number of fused-ring (bicyclic) bond motifs is 2. The highest BCUT2D eigenvalue weighted by Crippen LogP contribution is 2.67. The van der Waals surface area contributed by atoms with Crippen molar-refractivity contribution < 1.29 is 22.3 Å². The number of imide groups is 1. The maximum absolute atomic E-state index is 13.5. The molecule has 0 spiro atoms. The SMILES string of the molecule is CC1(C)C2CCC1(C)C(S(=O)(=O)ON1C(=O)C(c3ccccc3)=C(c3ccccc3)C1=O)C2. The number of carbonyl (C=O) groups excluding carboxylic acids is 2. The van der Waals surface area contributed by atoms with Crippen LogP contribution in [0.1, 0.15) is 51.2 Å². The van der Waals surface area contributed by atoms with Crippen LogP contribution in [-0.4, -0.2) is 30.5 Å². The van der Waals surface area contributed by atoms with E-state index >= 15 is 0 Å². The first-order valence-corrected chi connectivity index (χ1v) is 12.7. The molecule has 172 valence electrons. The lowest BCUT2D eigenvalue weighted by molar-refractivity contribution is -0.161. The first-order valence-electron chi connectivity index (χ1n) is 11.3. The third-order valence-electron chi connectivity index (χ3n) is 8.41. The molecule has 33 heavy (non-hydrogen) atoms. The predicted octanol–water partition coefficient (Wildman–Crippen LogP) is 4.44.